The standard InChI is InChI=1S/4C9H11O4P.Ti/c4*10-9(11)6-7-14(12,13)8-4-2-1-3-5-8;/h4*1-5H,6-7H2,(H,10,11)(H,12,13);/q;;;;+4/p-4. The Balaban J connectivity index is 0.000000729. The van der Waals surface area contributed by atoms with Crippen LogP contribution in [0.1, 0.15) is 25.7 Å². The van der Waals surface area contributed by atoms with Gasteiger partial charge in [0.05, 0.1) is 25.7 Å². The second kappa shape index (κ2) is 26.3. The third kappa shape index (κ3) is 22.7. The first-order chi connectivity index (χ1) is 26.1. The molecule has 57 heavy (non-hydrogen) atoms. The van der Waals surface area contributed by atoms with Crippen LogP contribution in [0.3, 0.4) is 0 Å². The Morgan fingerprint density at radius 1 is 0.351 bits per heavy atom. The molecule has 21 heteroatoms. The Morgan fingerprint density at radius 3 is 0.614 bits per heavy atom. The molecular weight excluding hydrogens is 860 g/mol. The molecule has 16 nitrogen and oxygen atoms in total. The number of aliphatic carboxylic acids is 4. The van der Waals surface area contributed by atoms with Gasteiger partial charge in [-0.2, -0.15) is 0 Å². The first kappa shape index (κ1) is 53.2. The van der Waals surface area contributed by atoms with Crippen LogP contribution in [0.2, 0.25) is 0 Å². The van der Waals surface area contributed by atoms with Crippen molar-refractivity contribution in [3.63, 3.8) is 0 Å². The largest absolute Gasteiger partial charge is 4.00 e. The fourth-order valence-corrected chi connectivity index (χ4v) is 9.59. The quantitative estimate of drug-likeness (QED) is 0.0919. The molecule has 4 aromatic rings. The molecule has 0 amide bonds. The maximum absolute atomic E-state index is 11.5. The number of rotatable bonds is 16. The average Bonchev–Trinajstić information content (AvgIpc) is 3.17. The molecule has 0 saturated carbocycles. The Hall–Kier alpha value is -3.77. The van der Waals surface area contributed by atoms with Gasteiger partial charge in [-0.1, -0.05) is 121 Å². The molecule has 4 N–H and O–H groups in total. The van der Waals surface area contributed by atoms with Crippen molar-refractivity contribution in [3.8, 4) is 0 Å². The number of benzene rings is 4. The van der Waals surface area contributed by atoms with E-state index in [0.29, 0.717) is 0 Å². The van der Waals surface area contributed by atoms with E-state index >= 15 is 0 Å². The van der Waals surface area contributed by atoms with Gasteiger partial charge in [0.1, 0.15) is 0 Å². The van der Waals surface area contributed by atoms with E-state index in [2.05, 4.69) is 0 Å². The minimum atomic E-state index is -3.73. The van der Waals surface area contributed by atoms with Gasteiger partial charge in [0.2, 0.25) is 0 Å². The molecule has 4 rings (SSSR count). The van der Waals surface area contributed by atoms with E-state index in [9.17, 15) is 57.0 Å². The number of carboxylic acid groups (broad SMARTS) is 4. The van der Waals surface area contributed by atoms with Gasteiger partial charge in [0.15, 0.2) is 0 Å². The molecule has 0 saturated heterocycles. The average molecular weight is 900 g/mol. The summed E-state index contributed by atoms with van der Waals surface area (Å²) in [6.07, 6.45) is -2.71. The zero-order chi connectivity index (χ0) is 42.4. The fraction of sp³-hybridized carbons (Fsp3) is 0.222. The van der Waals surface area contributed by atoms with Gasteiger partial charge in [-0.15, -0.1) is 0 Å². The predicted octanol–water partition coefficient (Wildman–Crippen LogP) is 1.70. The molecule has 4 aromatic carbocycles. The molecule has 0 aromatic heterocycles. The van der Waals surface area contributed by atoms with Crippen LogP contribution in [0.25, 0.3) is 0 Å². The van der Waals surface area contributed by atoms with Gasteiger partial charge in [0.25, 0.3) is 0 Å². The van der Waals surface area contributed by atoms with E-state index in [-0.39, 0.29) is 93.3 Å². The molecule has 0 aliphatic heterocycles. The van der Waals surface area contributed by atoms with Crippen LogP contribution in [0.4, 0.5) is 0 Å². The van der Waals surface area contributed by atoms with Crippen molar-refractivity contribution in [2.24, 2.45) is 0 Å². The van der Waals surface area contributed by atoms with Gasteiger partial charge < -0.3 is 58.3 Å². The van der Waals surface area contributed by atoms with Crippen LogP contribution >= 0.6 is 29.5 Å². The number of carboxylic acids is 4. The summed E-state index contributed by atoms with van der Waals surface area (Å²) in [7, 11) is -14.9. The Kier molecular flexibility index (Phi) is 24.5. The molecule has 0 radical (unpaired) electrons. The van der Waals surface area contributed by atoms with Crippen molar-refractivity contribution in [2.75, 3.05) is 24.6 Å². The van der Waals surface area contributed by atoms with Crippen LogP contribution in [0.15, 0.2) is 121 Å². The fourth-order valence-electron chi connectivity index (χ4n) is 4.11. The van der Waals surface area contributed by atoms with Crippen LogP contribution in [0.5, 0.6) is 0 Å². The molecule has 4 unspecified atom stereocenters. The van der Waals surface area contributed by atoms with Crippen LogP contribution in [-0.2, 0) is 59.2 Å². The molecular formula is C36H40O16P4Ti. The van der Waals surface area contributed by atoms with Crippen molar-refractivity contribution in [1.29, 1.82) is 0 Å². The van der Waals surface area contributed by atoms with E-state index in [0.717, 1.165) is 0 Å². The second-order valence-electron chi connectivity index (χ2n) is 11.5. The normalized spacial score (nSPS) is 14.4. The predicted molar refractivity (Wildman–Crippen MR) is 203 cm³/mol. The first-order valence-corrected chi connectivity index (χ1v) is 23.6. The van der Waals surface area contributed by atoms with Crippen molar-refractivity contribution in [1.82, 2.24) is 0 Å². The Labute approximate surface area is 344 Å². The third-order valence-electron chi connectivity index (χ3n) is 7.08. The minimum Gasteiger partial charge on any atom is -0.796 e. The van der Waals surface area contributed by atoms with Gasteiger partial charge in [-0.05, 0) is 21.2 Å². The van der Waals surface area contributed by atoms with Crippen molar-refractivity contribution in [3.05, 3.63) is 121 Å². The summed E-state index contributed by atoms with van der Waals surface area (Å²) in [4.78, 5) is 86.9. The summed E-state index contributed by atoms with van der Waals surface area (Å²) in [5.41, 5.74) is 0. The summed E-state index contributed by atoms with van der Waals surface area (Å²) in [5.74, 6) is -4.40. The number of hydrogen-bond acceptors (Lipinski definition) is 12. The van der Waals surface area contributed by atoms with Gasteiger partial charge in [-0.25, -0.2) is 0 Å². The van der Waals surface area contributed by atoms with Crippen LogP contribution in [-0.4, -0.2) is 69.0 Å². The molecule has 0 aliphatic carbocycles. The molecule has 304 valence electrons. The van der Waals surface area contributed by atoms with Crippen molar-refractivity contribution >= 4 is 74.6 Å². The minimum absolute atomic E-state index is 0. The van der Waals surface area contributed by atoms with E-state index in [1.165, 1.54) is 48.5 Å². The summed E-state index contributed by atoms with van der Waals surface area (Å²) in [6, 6.07) is 31.5. The number of hydrogen-bond donors (Lipinski definition) is 4. The first-order valence-electron chi connectivity index (χ1n) is 16.4. The molecule has 4 atom stereocenters. The summed E-state index contributed by atoms with van der Waals surface area (Å²) in [6.45, 7) is 0. The molecule has 0 aliphatic rings. The maximum Gasteiger partial charge on any atom is 4.00 e. The van der Waals surface area contributed by atoms with Gasteiger partial charge in [0, 0.05) is 54.1 Å². The zero-order valence-electron chi connectivity index (χ0n) is 30.2. The molecule has 0 spiro atoms. The summed E-state index contributed by atoms with van der Waals surface area (Å²) >= 11 is 0. The van der Waals surface area contributed by atoms with Crippen LogP contribution < -0.4 is 40.8 Å². The topological polar surface area (TPSA) is 310 Å². The summed E-state index contributed by atoms with van der Waals surface area (Å²) < 4.78 is 46.0. The van der Waals surface area contributed by atoms with E-state index in [1.807, 2.05) is 0 Å². The number of carbonyl (C=O) groups is 4. The van der Waals surface area contributed by atoms with Crippen molar-refractivity contribution in [2.45, 2.75) is 25.7 Å². The second-order valence-corrected chi connectivity index (χ2v) is 20.7. The summed E-state index contributed by atoms with van der Waals surface area (Å²) in [5, 5.41) is 34.2. The van der Waals surface area contributed by atoms with E-state index in [4.69, 9.17) is 20.4 Å². The Morgan fingerprint density at radius 2 is 0.491 bits per heavy atom. The molecule has 0 bridgehead atoms. The van der Waals surface area contributed by atoms with Gasteiger partial charge >= 0.3 is 45.6 Å². The molecule has 0 heterocycles. The third-order valence-corrected chi connectivity index (χ3v) is 14.7. The van der Waals surface area contributed by atoms with Crippen molar-refractivity contribution < 1.29 is 99.2 Å². The zero-order valence-corrected chi connectivity index (χ0v) is 35.3. The van der Waals surface area contributed by atoms with Gasteiger partial charge in [-0.3, -0.25) is 19.2 Å². The Bertz CT molecular complexity index is 1740. The van der Waals surface area contributed by atoms with E-state index < -0.39 is 53.4 Å². The van der Waals surface area contributed by atoms with Crippen LogP contribution in [0, 0.1) is 0 Å². The molecule has 0 fully saturated rings. The monoisotopic (exact) mass is 900 g/mol. The van der Waals surface area contributed by atoms with E-state index in [1.54, 1.807) is 72.8 Å². The SMILES string of the molecule is O=C(O)CCP(=O)([O-])c1ccccc1.O=C(O)CCP(=O)([O-])c1ccccc1.O=C(O)CCP(=O)([O-])c1ccccc1.O=C(O)CCP(=O)([O-])c1ccccc1.[Ti+4]. The smallest absolute Gasteiger partial charge is 0.796 e. The maximum atomic E-state index is 11.5.